The molecule has 2 aromatic heterocycles. The van der Waals surface area contributed by atoms with Gasteiger partial charge >= 0.3 is 0 Å². The van der Waals surface area contributed by atoms with Crippen LogP contribution in [0.2, 0.25) is 5.02 Å². The first-order chi connectivity index (χ1) is 8.25. The van der Waals surface area contributed by atoms with Crippen molar-refractivity contribution in [2.24, 2.45) is 0 Å². The van der Waals surface area contributed by atoms with Gasteiger partial charge in [0, 0.05) is 18.0 Å². The van der Waals surface area contributed by atoms with Gasteiger partial charge in [0.2, 0.25) is 0 Å². The Bertz CT molecular complexity index is 688. The number of halogens is 1. The van der Waals surface area contributed by atoms with Gasteiger partial charge in [-0.15, -0.1) is 0 Å². The first-order valence-electron chi connectivity index (χ1n) is 5.31. The Morgan fingerprint density at radius 1 is 1.24 bits per heavy atom. The quantitative estimate of drug-likeness (QED) is 0.710. The third kappa shape index (κ3) is 1.68. The zero-order chi connectivity index (χ0) is 11.8. The highest BCUT2D eigenvalue weighted by Gasteiger charge is 2.09. The number of hydrogen-bond donors (Lipinski definition) is 1. The van der Waals surface area contributed by atoms with Crippen LogP contribution >= 0.6 is 11.6 Å². The number of H-pyrrole nitrogens is 1. The van der Waals surface area contributed by atoms with E-state index in [1.807, 2.05) is 31.2 Å². The number of aryl methyl sites for hydroxylation is 1. The molecule has 0 aliphatic rings. The number of fused-ring (bicyclic) bond motifs is 1. The molecular formula is C13H10ClN3. The van der Waals surface area contributed by atoms with Crippen molar-refractivity contribution in [2.45, 2.75) is 6.92 Å². The van der Waals surface area contributed by atoms with Crippen molar-refractivity contribution in [3.05, 3.63) is 47.2 Å². The van der Waals surface area contributed by atoms with Crippen LogP contribution in [0, 0.1) is 6.92 Å². The minimum atomic E-state index is 0.601. The molecule has 4 heteroatoms. The minimum Gasteiger partial charge on any atom is -0.338 e. The molecule has 17 heavy (non-hydrogen) atoms. The summed E-state index contributed by atoms with van der Waals surface area (Å²) in [5, 5.41) is 0.601. The predicted molar refractivity (Wildman–Crippen MR) is 69.1 cm³/mol. The number of imidazole rings is 1. The van der Waals surface area contributed by atoms with Gasteiger partial charge in [-0.05, 0) is 24.6 Å². The van der Waals surface area contributed by atoms with Crippen LogP contribution < -0.4 is 0 Å². The molecule has 0 saturated heterocycles. The Kier molecular flexibility index (Phi) is 2.34. The molecule has 0 spiro atoms. The number of benzene rings is 1. The van der Waals surface area contributed by atoms with E-state index in [1.54, 1.807) is 12.4 Å². The second-order valence-electron chi connectivity index (χ2n) is 3.91. The van der Waals surface area contributed by atoms with Gasteiger partial charge in [-0.1, -0.05) is 23.7 Å². The van der Waals surface area contributed by atoms with Crippen LogP contribution in [0.1, 0.15) is 5.56 Å². The molecule has 0 unspecified atom stereocenters. The summed E-state index contributed by atoms with van der Waals surface area (Å²) < 4.78 is 0. The third-order valence-corrected chi connectivity index (χ3v) is 3.04. The topological polar surface area (TPSA) is 41.6 Å². The van der Waals surface area contributed by atoms with Crippen molar-refractivity contribution in [1.29, 1.82) is 0 Å². The van der Waals surface area contributed by atoms with Gasteiger partial charge in [0.05, 0.1) is 16.1 Å². The van der Waals surface area contributed by atoms with Crippen LogP contribution in [0.25, 0.3) is 22.4 Å². The largest absolute Gasteiger partial charge is 0.338 e. The fraction of sp³-hybridized carbons (Fsp3) is 0.0769. The van der Waals surface area contributed by atoms with Gasteiger partial charge in [-0.2, -0.15) is 0 Å². The molecule has 0 aliphatic carbocycles. The Morgan fingerprint density at radius 3 is 2.88 bits per heavy atom. The lowest BCUT2D eigenvalue weighted by Gasteiger charge is -1.97. The second kappa shape index (κ2) is 3.86. The van der Waals surface area contributed by atoms with E-state index in [0.717, 1.165) is 28.0 Å². The van der Waals surface area contributed by atoms with Crippen molar-refractivity contribution in [3.63, 3.8) is 0 Å². The van der Waals surface area contributed by atoms with Crippen molar-refractivity contribution in [1.82, 2.24) is 15.0 Å². The highest BCUT2D eigenvalue weighted by molar-refractivity contribution is 6.33. The van der Waals surface area contributed by atoms with E-state index in [1.165, 1.54) is 0 Å². The maximum absolute atomic E-state index is 6.10. The van der Waals surface area contributed by atoms with Gasteiger partial charge in [0.15, 0.2) is 0 Å². The second-order valence-corrected chi connectivity index (χ2v) is 4.32. The van der Waals surface area contributed by atoms with E-state index in [9.17, 15) is 0 Å². The molecular weight excluding hydrogens is 234 g/mol. The molecule has 3 aromatic rings. The van der Waals surface area contributed by atoms with Crippen molar-refractivity contribution in [2.75, 3.05) is 0 Å². The molecule has 0 radical (unpaired) electrons. The van der Waals surface area contributed by atoms with Crippen LogP contribution in [-0.4, -0.2) is 15.0 Å². The van der Waals surface area contributed by atoms with Gasteiger partial charge in [0.1, 0.15) is 5.82 Å². The monoisotopic (exact) mass is 243 g/mol. The zero-order valence-corrected chi connectivity index (χ0v) is 9.99. The number of nitrogens with one attached hydrogen (secondary N) is 1. The lowest BCUT2D eigenvalue weighted by molar-refractivity contribution is 1.28. The Hall–Kier alpha value is -1.87. The maximum atomic E-state index is 6.10. The predicted octanol–water partition coefficient (Wildman–Crippen LogP) is 3.59. The van der Waals surface area contributed by atoms with E-state index in [0.29, 0.717) is 5.02 Å². The number of para-hydroxylation sites is 1. The number of rotatable bonds is 1. The molecule has 0 aliphatic heterocycles. The summed E-state index contributed by atoms with van der Waals surface area (Å²) in [6, 6.07) is 7.91. The molecule has 3 rings (SSSR count). The first kappa shape index (κ1) is 10.3. The lowest BCUT2D eigenvalue weighted by Crippen LogP contribution is -1.82. The lowest BCUT2D eigenvalue weighted by atomic mass is 10.2. The summed E-state index contributed by atoms with van der Waals surface area (Å²) in [5.41, 5.74) is 4.02. The molecule has 2 heterocycles. The molecule has 0 atom stereocenters. The first-order valence-corrected chi connectivity index (χ1v) is 5.69. The summed E-state index contributed by atoms with van der Waals surface area (Å²) in [7, 11) is 0. The standard InChI is InChI=1S/C13H10ClN3/c1-8-3-2-4-11-12(8)17-13(16-11)9-5-6-15-7-10(9)14/h2-7H,1H3,(H,16,17). The van der Waals surface area contributed by atoms with Crippen molar-refractivity contribution >= 4 is 22.6 Å². The molecule has 1 N–H and O–H groups in total. The van der Waals surface area contributed by atoms with Gasteiger partial charge in [-0.3, -0.25) is 4.98 Å². The molecule has 0 amide bonds. The molecule has 84 valence electrons. The Morgan fingerprint density at radius 2 is 2.12 bits per heavy atom. The molecule has 0 fully saturated rings. The Labute approximate surface area is 103 Å². The van der Waals surface area contributed by atoms with E-state index >= 15 is 0 Å². The number of hydrogen-bond acceptors (Lipinski definition) is 2. The summed E-state index contributed by atoms with van der Waals surface area (Å²) in [4.78, 5) is 11.8. The van der Waals surface area contributed by atoms with Gasteiger partial charge < -0.3 is 4.98 Å². The molecule has 1 aromatic carbocycles. The fourth-order valence-corrected chi connectivity index (χ4v) is 2.08. The molecule has 0 bridgehead atoms. The summed E-state index contributed by atoms with van der Waals surface area (Å²) in [6.45, 7) is 2.04. The number of aromatic amines is 1. The zero-order valence-electron chi connectivity index (χ0n) is 9.24. The van der Waals surface area contributed by atoms with Crippen LogP contribution in [0.5, 0.6) is 0 Å². The normalized spacial score (nSPS) is 10.9. The van der Waals surface area contributed by atoms with E-state index in [2.05, 4.69) is 15.0 Å². The fourth-order valence-electron chi connectivity index (χ4n) is 1.87. The van der Waals surface area contributed by atoms with E-state index in [-0.39, 0.29) is 0 Å². The Balaban J connectivity index is 2.26. The summed E-state index contributed by atoms with van der Waals surface area (Å²) >= 11 is 6.10. The minimum absolute atomic E-state index is 0.601. The summed E-state index contributed by atoms with van der Waals surface area (Å²) in [5.74, 6) is 0.779. The summed E-state index contributed by atoms with van der Waals surface area (Å²) in [6.07, 6.45) is 3.33. The van der Waals surface area contributed by atoms with Crippen molar-refractivity contribution in [3.8, 4) is 11.4 Å². The van der Waals surface area contributed by atoms with Crippen LogP contribution in [0.4, 0.5) is 0 Å². The highest BCUT2D eigenvalue weighted by Crippen LogP contribution is 2.27. The SMILES string of the molecule is Cc1cccc2[nH]c(-c3ccncc3Cl)nc12. The van der Waals surface area contributed by atoms with E-state index < -0.39 is 0 Å². The third-order valence-electron chi connectivity index (χ3n) is 2.74. The van der Waals surface area contributed by atoms with Crippen LogP contribution in [-0.2, 0) is 0 Å². The molecule has 3 nitrogen and oxygen atoms in total. The number of aromatic nitrogens is 3. The van der Waals surface area contributed by atoms with E-state index in [4.69, 9.17) is 11.6 Å². The van der Waals surface area contributed by atoms with Crippen LogP contribution in [0.3, 0.4) is 0 Å². The van der Waals surface area contributed by atoms with Crippen molar-refractivity contribution < 1.29 is 0 Å². The number of nitrogens with zero attached hydrogens (tertiary/aromatic N) is 2. The average molecular weight is 244 g/mol. The van der Waals surface area contributed by atoms with Crippen LogP contribution in [0.15, 0.2) is 36.7 Å². The average Bonchev–Trinajstić information content (AvgIpc) is 2.75. The van der Waals surface area contributed by atoms with Gasteiger partial charge in [0.25, 0.3) is 0 Å². The molecule has 0 saturated carbocycles. The smallest absolute Gasteiger partial charge is 0.140 e. The highest BCUT2D eigenvalue weighted by atomic mass is 35.5. The maximum Gasteiger partial charge on any atom is 0.140 e. The van der Waals surface area contributed by atoms with Gasteiger partial charge in [-0.25, -0.2) is 4.98 Å². The number of pyridine rings is 1.